The summed E-state index contributed by atoms with van der Waals surface area (Å²) in [5.41, 5.74) is -1.07. The third kappa shape index (κ3) is 3.68. The molecule has 0 atom stereocenters. The van der Waals surface area contributed by atoms with Gasteiger partial charge < -0.3 is 10.2 Å². The van der Waals surface area contributed by atoms with Gasteiger partial charge in [-0.05, 0) is 35.4 Å². The largest absolute Gasteiger partial charge is 0.478 e. The lowest BCUT2D eigenvalue weighted by Gasteiger charge is -2.22. The van der Waals surface area contributed by atoms with E-state index in [9.17, 15) is 22.8 Å². The van der Waals surface area contributed by atoms with Gasteiger partial charge >= 0.3 is 18.1 Å². The van der Waals surface area contributed by atoms with Gasteiger partial charge in [0.25, 0.3) is 0 Å². The molecule has 23 heavy (non-hydrogen) atoms. The molecule has 0 aliphatic carbocycles. The van der Waals surface area contributed by atoms with Crippen LogP contribution in [0.4, 0.5) is 13.2 Å². The molecule has 2 aromatic carbocycles. The highest BCUT2D eigenvalue weighted by molar-refractivity contribution is 5.88. The van der Waals surface area contributed by atoms with E-state index >= 15 is 0 Å². The lowest BCUT2D eigenvalue weighted by molar-refractivity contribution is -0.141. The number of carbonyl (C=O) groups is 2. The smallest absolute Gasteiger partial charge is 0.399 e. The zero-order chi connectivity index (χ0) is 17.2. The van der Waals surface area contributed by atoms with Gasteiger partial charge in [0.05, 0.1) is 11.1 Å². The number of rotatable bonds is 4. The summed E-state index contributed by atoms with van der Waals surface area (Å²) >= 11 is 0. The van der Waals surface area contributed by atoms with E-state index in [0.29, 0.717) is 0 Å². The highest BCUT2D eigenvalue weighted by Gasteiger charge is 2.42. The number of hydrogen-bond donors (Lipinski definition) is 2. The van der Waals surface area contributed by atoms with Crippen LogP contribution in [0.3, 0.4) is 0 Å². The second-order valence-electron chi connectivity index (χ2n) is 4.84. The molecule has 120 valence electrons. The topological polar surface area (TPSA) is 74.6 Å². The standard InChI is InChI=1S/C16H11F3O4/c17-16(18,19)13(9-3-1-5-11(7-9)14(20)21)10-4-2-6-12(8-10)15(22)23/h1-8,13H,(H,20,21)(H,22,23). The van der Waals surface area contributed by atoms with E-state index in [1.807, 2.05) is 0 Å². The third-order valence-electron chi connectivity index (χ3n) is 3.26. The molecule has 0 radical (unpaired) electrons. The van der Waals surface area contributed by atoms with Gasteiger partial charge in [0.15, 0.2) is 0 Å². The van der Waals surface area contributed by atoms with Crippen LogP contribution < -0.4 is 0 Å². The average Bonchev–Trinajstić information content (AvgIpc) is 2.46. The summed E-state index contributed by atoms with van der Waals surface area (Å²) in [4.78, 5) is 21.9. The molecule has 0 fully saturated rings. The maximum absolute atomic E-state index is 13.5. The molecule has 0 aliphatic rings. The minimum atomic E-state index is -4.70. The SMILES string of the molecule is O=C(O)c1cccc(C(c2cccc(C(=O)O)c2)C(F)(F)F)c1. The molecular weight excluding hydrogens is 313 g/mol. The number of alkyl halides is 3. The fourth-order valence-electron chi connectivity index (χ4n) is 2.27. The lowest BCUT2D eigenvalue weighted by atomic mass is 9.89. The fourth-order valence-corrected chi connectivity index (χ4v) is 2.27. The number of hydrogen-bond acceptors (Lipinski definition) is 2. The highest BCUT2D eigenvalue weighted by Crippen LogP contribution is 2.40. The molecule has 0 unspecified atom stereocenters. The van der Waals surface area contributed by atoms with Crippen molar-refractivity contribution in [1.29, 1.82) is 0 Å². The van der Waals surface area contributed by atoms with Gasteiger partial charge in [-0.1, -0.05) is 24.3 Å². The number of halogens is 3. The van der Waals surface area contributed by atoms with Crippen LogP contribution in [0.15, 0.2) is 48.5 Å². The Hall–Kier alpha value is -2.83. The summed E-state index contributed by atoms with van der Waals surface area (Å²) in [5.74, 6) is -4.79. The van der Waals surface area contributed by atoms with Gasteiger partial charge in [0, 0.05) is 0 Å². The van der Waals surface area contributed by atoms with E-state index in [2.05, 4.69) is 0 Å². The van der Waals surface area contributed by atoms with Gasteiger partial charge in [0.1, 0.15) is 5.92 Å². The quantitative estimate of drug-likeness (QED) is 0.897. The van der Waals surface area contributed by atoms with Crippen LogP contribution >= 0.6 is 0 Å². The van der Waals surface area contributed by atoms with E-state index in [1.54, 1.807) is 0 Å². The minimum Gasteiger partial charge on any atom is -0.478 e. The van der Waals surface area contributed by atoms with Crippen LogP contribution in [0.1, 0.15) is 37.8 Å². The van der Waals surface area contributed by atoms with Crippen molar-refractivity contribution in [3.63, 3.8) is 0 Å². The molecule has 4 nitrogen and oxygen atoms in total. The van der Waals surface area contributed by atoms with Crippen molar-refractivity contribution in [3.05, 3.63) is 70.8 Å². The van der Waals surface area contributed by atoms with Gasteiger partial charge in [-0.3, -0.25) is 0 Å². The highest BCUT2D eigenvalue weighted by atomic mass is 19.4. The molecule has 7 heteroatoms. The molecule has 0 heterocycles. The van der Waals surface area contributed by atoms with Crippen LogP contribution in [0, 0.1) is 0 Å². The number of carboxylic acid groups (broad SMARTS) is 2. The zero-order valence-corrected chi connectivity index (χ0v) is 11.5. The Morgan fingerprint density at radius 2 is 1.22 bits per heavy atom. The monoisotopic (exact) mass is 324 g/mol. The van der Waals surface area contributed by atoms with Crippen molar-refractivity contribution in [2.45, 2.75) is 12.1 Å². The molecule has 2 aromatic rings. The fraction of sp³-hybridized carbons (Fsp3) is 0.125. The molecule has 0 aliphatic heterocycles. The molecule has 2 N–H and O–H groups in total. The molecule has 0 saturated carbocycles. The first-order valence-electron chi connectivity index (χ1n) is 6.43. The Morgan fingerprint density at radius 3 is 1.52 bits per heavy atom. The molecule has 0 bridgehead atoms. The van der Waals surface area contributed by atoms with Crippen LogP contribution in [-0.4, -0.2) is 28.3 Å². The van der Waals surface area contributed by atoms with E-state index in [4.69, 9.17) is 10.2 Å². The third-order valence-corrected chi connectivity index (χ3v) is 3.26. The van der Waals surface area contributed by atoms with E-state index < -0.39 is 24.0 Å². The van der Waals surface area contributed by atoms with E-state index in [-0.39, 0.29) is 22.3 Å². The summed E-state index contributed by atoms with van der Waals surface area (Å²) < 4.78 is 40.4. The summed E-state index contributed by atoms with van der Waals surface area (Å²) in [6.07, 6.45) is -4.70. The van der Waals surface area contributed by atoms with Crippen LogP contribution in [0.5, 0.6) is 0 Å². The second-order valence-corrected chi connectivity index (χ2v) is 4.84. The second kappa shape index (κ2) is 6.12. The van der Waals surface area contributed by atoms with Crippen molar-refractivity contribution in [2.75, 3.05) is 0 Å². The molecule has 0 saturated heterocycles. The molecule has 0 spiro atoms. The predicted molar refractivity (Wildman–Crippen MR) is 74.7 cm³/mol. The lowest BCUT2D eigenvalue weighted by Crippen LogP contribution is -2.22. The summed E-state index contributed by atoms with van der Waals surface area (Å²) in [6.45, 7) is 0. The molecule has 0 aromatic heterocycles. The maximum atomic E-state index is 13.5. The summed E-state index contributed by atoms with van der Waals surface area (Å²) in [5, 5.41) is 17.8. The number of carboxylic acids is 2. The van der Waals surface area contributed by atoms with Crippen LogP contribution in [0.25, 0.3) is 0 Å². The maximum Gasteiger partial charge on any atom is 0.399 e. The number of benzene rings is 2. The summed E-state index contributed by atoms with van der Waals surface area (Å²) in [6, 6.07) is 9.02. The van der Waals surface area contributed by atoms with Crippen molar-refractivity contribution in [3.8, 4) is 0 Å². The predicted octanol–water partition coefficient (Wildman–Crippen LogP) is 3.78. The normalized spacial score (nSPS) is 11.5. The van der Waals surface area contributed by atoms with E-state index in [0.717, 1.165) is 24.3 Å². The van der Waals surface area contributed by atoms with E-state index in [1.165, 1.54) is 24.3 Å². The Labute approximate surface area is 128 Å². The average molecular weight is 324 g/mol. The Morgan fingerprint density at radius 1 is 0.826 bits per heavy atom. The molecule has 0 amide bonds. The Bertz CT molecular complexity index is 695. The van der Waals surface area contributed by atoms with Gasteiger partial charge in [-0.25, -0.2) is 9.59 Å². The molecule has 2 rings (SSSR count). The Balaban J connectivity index is 2.59. The van der Waals surface area contributed by atoms with Gasteiger partial charge in [-0.2, -0.15) is 13.2 Å². The minimum absolute atomic E-state index is 0.264. The zero-order valence-electron chi connectivity index (χ0n) is 11.5. The first kappa shape index (κ1) is 16.5. The van der Waals surface area contributed by atoms with Crippen molar-refractivity contribution < 1.29 is 33.0 Å². The first-order chi connectivity index (χ1) is 10.7. The molecular formula is C16H11F3O4. The summed E-state index contributed by atoms with van der Waals surface area (Å²) in [7, 11) is 0. The Kier molecular flexibility index (Phi) is 4.40. The van der Waals surface area contributed by atoms with Gasteiger partial charge in [0.2, 0.25) is 0 Å². The van der Waals surface area contributed by atoms with Crippen LogP contribution in [0.2, 0.25) is 0 Å². The van der Waals surface area contributed by atoms with Crippen LogP contribution in [-0.2, 0) is 0 Å². The number of aromatic carboxylic acids is 2. The van der Waals surface area contributed by atoms with Crippen molar-refractivity contribution in [1.82, 2.24) is 0 Å². The van der Waals surface area contributed by atoms with Crippen molar-refractivity contribution >= 4 is 11.9 Å². The first-order valence-corrected chi connectivity index (χ1v) is 6.43. The van der Waals surface area contributed by atoms with Crippen molar-refractivity contribution in [2.24, 2.45) is 0 Å². The van der Waals surface area contributed by atoms with Gasteiger partial charge in [-0.15, -0.1) is 0 Å².